The molecule has 0 saturated heterocycles. The third-order valence-corrected chi connectivity index (χ3v) is 4.28. The standard InChI is InChI=1S/C19H19F2N3O3/c1-11(10-22-18(26)13-8-7-12(27-2)9-16(13)25)17-23-14-5-3-4-6-15(14)24(17)19(20)21/h3-9,11,19,25H,10H2,1-2H3,(H,22,26). The van der Waals surface area contributed by atoms with Crippen molar-refractivity contribution in [2.45, 2.75) is 19.4 Å². The van der Waals surface area contributed by atoms with Gasteiger partial charge in [-0.25, -0.2) is 4.98 Å². The van der Waals surface area contributed by atoms with Crippen molar-refractivity contribution in [2.24, 2.45) is 0 Å². The summed E-state index contributed by atoms with van der Waals surface area (Å²) in [4.78, 5) is 16.6. The maximum Gasteiger partial charge on any atom is 0.320 e. The fraction of sp³-hybridized carbons (Fsp3) is 0.263. The van der Waals surface area contributed by atoms with Gasteiger partial charge in [0.05, 0.1) is 23.7 Å². The molecule has 0 aliphatic carbocycles. The second-order valence-corrected chi connectivity index (χ2v) is 6.10. The minimum atomic E-state index is -2.74. The number of amides is 1. The molecule has 0 aliphatic heterocycles. The van der Waals surface area contributed by atoms with Crippen molar-refractivity contribution in [2.75, 3.05) is 13.7 Å². The van der Waals surface area contributed by atoms with E-state index in [0.29, 0.717) is 16.8 Å². The molecule has 8 heteroatoms. The molecule has 2 aromatic carbocycles. The Kier molecular flexibility index (Phi) is 5.25. The van der Waals surface area contributed by atoms with Gasteiger partial charge in [0.25, 0.3) is 5.91 Å². The van der Waals surface area contributed by atoms with Crippen LogP contribution in [0.15, 0.2) is 42.5 Å². The molecule has 27 heavy (non-hydrogen) atoms. The number of phenols is 1. The molecule has 1 heterocycles. The molecule has 0 saturated carbocycles. The molecular weight excluding hydrogens is 356 g/mol. The van der Waals surface area contributed by atoms with Gasteiger partial charge in [0, 0.05) is 18.5 Å². The predicted molar refractivity (Wildman–Crippen MR) is 96.4 cm³/mol. The maximum atomic E-state index is 13.5. The topological polar surface area (TPSA) is 76.4 Å². The van der Waals surface area contributed by atoms with Crippen molar-refractivity contribution in [1.29, 1.82) is 0 Å². The number of nitrogens with zero attached hydrogens (tertiary/aromatic N) is 2. The smallest absolute Gasteiger partial charge is 0.320 e. The minimum Gasteiger partial charge on any atom is -0.507 e. The second kappa shape index (κ2) is 7.61. The minimum absolute atomic E-state index is 0.0744. The Morgan fingerprint density at radius 1 is 1.30 bits per heavy atom. The van der Waals surface area contributed by atoms with Crippen LogP contribution in [-0.2, 0) is 0 Å². The summed E-state index contributed by atoms with van der Waals surface area (Å²) in [7, 11) is 1.45. The van der Waals surface area contributed by atoms with Gasteiger partial charge in [-0.3, -0.25) is 9.36 Å². The van der Waals surface area contributed by atoms with Gasteiger partial charge in [-0.15, -0.1) is 0 Å². The zero-order chi connectivity index (χ0) is 19.6. The van der Waals surface area contributed by atoms with Gasteiger partial charge >= 0.3 is 6.55 Å². The number of benzene rings is 2. The first kappa shape index (κ1) is 18.6. The number of hydrogen-bond donors (Lipinski definition) is 2. The Hall–Kier alpha value is -3.16. The van der Waals surface area contributed by atoms with Gasteiger partial charge in [-0.05, 0) is 24.3 Å². The van der Waals surface area contributed by atoms with E-state index in [0.717, 1.165) is 4.57 Å². The van der Waals surface area contributed by atoms with Crippen LogP contribution in [0.5, 0.6) is 11.5 Å². The highest BCUT2D eigenvalue weighted by Crippen LogP contribution is 2.28. The van der Waals surface area contributed by atoms with E-state index < -0.39 is 18.4 Å². The number of aromatic nitrogens is 2. The van der Waals surface area contributed by atoms with Crippen LogP contribution in [0.4, 0.5) is 8.78 Å². The third kappa shape index (κ3) is 3.69. The summed E-state index contributed by atoms with van der Waals surface area (Å²) < 4.78 is 32.9. The third-order valence-electron chi connectivity index (χ3n) is 4.28. The molecule has 0 aliphatic rings. The average molecular weight is 375 g/mol. The number of aromatic hydroxyl groups is 1. The SMILES string of the molecule is COc1ccc(C(=O)NCC(C)c2nc3ccccc3n2C(F)F)c(O)c1. The largest absolute Gasteiger partial charge is 0.507 e. The molecule has 3 aromatic rings. The van der Waals surface area contributed by atoms with E-state index in [-0.39, 0.29) is 23.7 Å². The summed E-state index contributed by atoms with van der Waals surface area (Å²) in [6.45, 7) is -0.953. The average Bonchev–Trinajstić information content (AvgIpc) is 3.05. The molecule has 0 fully saturated rings. The monoisotopic (exact) mass is 375 g/mol. The summed E-state index contributed by atoms with van der Waals surface area (Å²) in [6.07, 6.45) is 0. The van der Waals surface area contributed by atoms with E-state index in [9.17, 15) is 18.7 Å². The Morgan fingerprint density at radius 2 is 2.04 bits per heavy atom. The van der Waals surface area contributed by atoms with Crippen molar-refractivity contribution in [3.8, 4) is 11.5 Å². The highest BCUT2D eigenvalue weighted by atomic mass is 19.3. The number of hydrogen-bond acceptors (Lipinski definition) is 4. The fourth-order valence-electron chi connectivity index (χ4n) is 2.88. The number of carbonyl (C=O) groups excluding carboxylic acids is 1. The number of ether oxygens (including phenoxy) is 1. The molecule has 1 unspecified atom stereocenters. The first-order valence-electron chi connectivity index (χ1n) is 8.32. The summed E-state index contributed by atoms with van der Waals surface area (Å²) in [5.74, 6) is -0.592. The number of nitrogens with one attached hydrogen (secondary N) is 1. The van der Waals surface area contributed by atoms with Crippen LogP contribution >= 0.6 is 0 Å². The summed E-state index contributed by atoms with van der Waals surface area (Å²) in [5.41, 5.74) is 0.887. The lowest BCUT2D eigenvalue weighted by molar-refractivity contribution is 0.0704. The number of methoxy groups -OCH3 is 1. The van der Waals surface area contributed by atoms with Crippen molar-refractivity contribution in [1.82, 2.24) is 14.9 Å². The van der Waals surface area contributed by atoms with E-state index in [1.807, 2.05) is 0 Å². The van der Waals surface area contributed by atoms with E-state index in [2.05, 4.69) is 10.3 Å². The lowest BCUT2D eigenvalue weighted by Crippen LogP contribution is -2.28. The highest BCUT2D eigenvalue weighted by molar-refractivity contribution is 5.97. The van der Waals surface area contributed by atoms with Crippen LogP contribution in [0.3, 0.4) is 0 Å². The van der Waals surface area contributed by atoms with E-state index in [1.165, 1.54) is 19.2 Å². The van der Waals surface area contributed by atoms with Crippen molar-refractivity contribution in [3.05, 3.63) is 53.9 Å². The summed E-state index contributed by atoms with van der Waals surface area (Å²) >= 11 is 0. The quantitative estimate of drug-likeness (QED) is 0.689. The lowest BCUT2D eigenvalue weighted by Gasteiger charge is -2.15. The summed E-state index contributed by atoms with van der Waals surface area (Å²) in [6, 6.07) is 11.0. The second-order valence-electron chi connectivity index (χ2n) is 6.10. The van der Waals surface area contributed by atoms with E-state index in [4.69, 9.17) is 4.74 Å². The molecule has 2 N–H and O–H groups in total. The van der Waals surface area contributed by atoms with Gasteiger partial charge in [-0.1, -0.05) is 19.1 Å². The van der Waals surface area contributed by atoms with E-state index in [1.54, 1.807) is 37.3 Å². The molecule has 142 valence electrons. The van der Waals surface area contributed by atoms with Crippen LogP contribution in [0.25, 0.3) is 11.0 Å². The van der Waals surface area contributed by atoms with Crippen molar-refractivity contribution in [3.63, 3.8) is 0 Å². The van der Waals surface area contributed by atoms with Crippen LogP contribution in [0.2, 0.25) is 0 Å². The van der Waals surface area contributed by atoms with Crippen molar-refractivity contribution >= 4 is 16.9 Å². The number of carbonyl (C=O) groups is 1. The maximum absolute atomic E-state index is 13.5. The Balaban J connectivity index is 1.78. The van der Waals surface area contributed by atoms with Gasteiger partial charge in [0.2, 0.25) is 0 Å². The van der Waals surface area contributed by atoms with Gasteiger partial charge in [0.15, 0.2) is 0 Å². The number of phenolic OH excluding ortho intramolecular Hbond substituents is 1. The van der Waals surface area contributed by atoms with Crippen LogP contribution in [0.1, 0.15) is 35.6 Å². The molecule has 6 nitrogen and oxygen atoms in total. The fourth-order valence-corrected chi connectivity index (χ4v) is 2.88. The zero-order valence-electron chi connectivity index (χ0n) is 14.8. The number of imidazole rings is 1. The van der Waals surface area contributed by atoms with Gasteiger partial charge in [0.1, 0.15) is 17.3 Å². The molecule has 3 rings (SSSR count). The number of halogens is 2. The molecule has 1 amide bonds. The molecule has 0 spiro atoms. The van der Waals surface area contributed by atoms with Crippen molar-refractivity contribution < 1.29 is 23.4 Å². The molecule has 0 radical (unpaired) electrons. The number of para-hydroxylation sites is 2. The number of alkyl halides is 2. The zero-order valence-corrected chi connectivity index (χ0v) is 14.8. The van der Waals surface area contributed by atoms with Gasteiger partial charge in [-0.2, -0.15) is 8.78 Å². The number of fused-ring (bicyclic) bond motifs is 1. The van der Waals surface area contributed by atoms with Crippen LogP contribution in [0, 0.1) is 0 Å². The summed E-state index contributed by atoms with van der Waals surface area (Å²) in [5, 5.41) is 12.6. The normalized spacial score (nSPS) is 12.3. The van der Waals surface area contributed by atoms with E-state index >= 15 is 0 Å². The van der Waals surface area contributed by atoms with Crippen LogP contribution in [-0.4, -0.2) is 34.2 Å². The first-order chi connectivity index (χ1) is 12.9. The van der Waals surface area contributed by atoms with Gasteiger partial charge < -0.3 is 15.2 Å². The molecule has 1 aromatic heterocycles. The number of rotatable bonds is 6. The highest BCUT2D eigenvalue weighted by Gasteiger charge is 2.22. The Bertz CT molecular complexity index is 972. The Morgan fingerprint density at radius 3 is 2.70 bits per heavy atom. The Labute approximate surface area is 154 Å². The van der Waals surface area contributed by atoms with Crippen LogP contribution < -0.4 is 10.1 Å². The molecule has 1 atom stereocenters. The lowest BCUT2D eigenvalue weighted by atomic mass is 10.1. The molecule has 0 bridgehead atoms. The predicted octanol–water partition coefficient (Wildman–Crippen LogP) is 3.68. The molecular formula is C19H19F2N3O3. The first-order valence-corrected chi connectivity index (χ1v) is 8.32.